The van der Waals surface area contributed by atoms with Gasteiger partial charge in [-0.3, -0.25) is 0 Å². The lowest BCUT2D eigenvalue weighted by Gasteiger charge is -2.29. The van der Waals surface area contributed by atoms with Gasteiger partial charge >= 0.3 is 5.97 Å². The smallest absolute Gasteiger partial charge is 0.343 e. The lowest BCUT2D eigenvalue weighted by molar-refractivity contribution is -0.173. The number of carbonyl (C=O) groups is 1. The molecule has 33 heavy (non-hydrogen) atoms. The van der Waals surface area contributed by atoms with Gasteiger partial charge in [0.1, 0.15) is 0 Å². The Morgan fingerprint density at radius 1 is 0.818 bits per heavy atom. The minimum absolute atomic E-state index is 0.106. The van der Waals surface area contributed by atoms with Gasteiger partial charge in [-0.15, -0.1) is 0 Å². The first-order valence-corrected chi connectivity index (χ1v) is 13.3. The van der Waals surface area contributed by atoms with Crippen LogP contribution in [0, 0.1) is 0 Å². The number of unbranched alkanes of at least 4 members (excludes halogenated alkanes) is 11. The van der Waals surface area contributed by atoms with Gasteiger partial charge < -0.3 is 9.47 Å². The number of hydrogen-bond acceptors (Lipinski definition) is 3. The van der Waals surface area contributed by atoms with E-state index in [1.165, 1.54) is 70.6 Å². The summed E-state index contributed by atoms with van der Waals surface area (Å²) in [6.45, 7) is 6.08. The summed E-state index contributed by atoms with van der Waals surface area (Å²) in [5, 5.41) is 2.12. The Bertz CT molecular complexity index is 810. The zero-order chi connectivity index (χ0) is 23.9. The van der Waals surface area contributed by atoms with Crippen LogP contribution in [0.1, 0.15) is 110 Å². The molecule has 0 fully saturated rings. The van der Waals surface area contributed by atoms with Crippen molar-refractivity contribution in [3.05, 3.63) is 48.0 Å². The number of fused-ring (bicyclic) bond motifs is 1. The molecule has 0 aliphatic rings. The topological polar surface area (TPSA) is 35.5 Å². The lowest BCUT2D eigenvalue weighted by atomic mass is 9.90. The fourth-order valence-electron chi connectivity index (χ4n) is 4.57. The maximum absolute atomic E-state index is 13.1. The molecule has 0 heterocycles. The van der Waals surface area contributed by atoms with E-state index in [1.54, 1.807) is 7.11 Å². The molecule has 184 valence electrons. The molecule has 0 spiro atoms. The van der Waals surface area contributed by atoms with E-state index in [0.717, 1.165) is 29.2 Å². The standard InChI is InChI=1S/C30H46O3/c1-5-6-7-8-9-10-11-12-13-14-15-16-20-25(2)33-29(31)30(3,32-4)28-24-19-22-26-21-17-18-23-27(26)28/h17-19,21-25H,5-16,20H2,1-4H3/t25-,30+/m1/s1. The van der Waals surface area contributed by atoms with Crippen LogP contribution in [-0.2, 0) is 19.9 Å². The molecular formula is C30H46O3. The van der Waals surface area contributed by atoms with Gasteiger partial charge in [0.05, 0.1) is 6.10 Å². The third kappa shape index (κ3) is 8.77. The van der Waals surface area contributed by atoms with E-state index >= 15 is 0 Å². The molecule has 2 aromatic carbocycles. The molecule has 0 radical (unpaired) electrons. The van der Waals surface area contributed by atoms with Crippen LogP contribution in [0.3, 0.4) is 0 Å². The van der Waals surface area contributed by atoms with E-state index in [0.29, 0.717) is 0 Å². The summed E-state index contributed by atoms with van der Waals surface area (Å²) in [6.07, 6.45) is 16.8. The molecule has 0 aliphatic carbocycles. The third-order valence-electron chi connectivity index (χ3n) is 6.87. The molecule has 2 aromatic rings. The molecule has 0 amide bonds. The summed E-state index contributed by atoms with van der Waals surface area (Å²) in [7, 11) is 1.58. The Hall–Kier alpha value is -1.87. The highest BCUT2D eigenvalue weighted by Crippen LogP contribution is 2.33. The van der Waals surface area contributed by atoms with Gasteiger partial charge in [-0.25, -0.2) is 4.79 Å². The van der Waals surface area contributed by atoms with Gasteiger partial charge in [0.15, 0.2) is 5.60 Å². The van der Waals surface area contributed by atoms with Gasteiger partial charge in [0.2, 0.25) is 0 Å². The summed E-state index contributed by atoms with van der Waals surface area (Å²) in [5.74, 6) is -0.312. The molecule has 3 heteroatoms. The predicted octanol–water partition coefficient (Wildman–Crippen LogP) is 8.72. The van der Waals surface area contributed by atoms with Crippen molar-refractivity contribution in [2.45, 2.75) is 116 Å². The highest BCUT2D eigenvalue weighted by atomic mass is 16.6. The lowest BCUT2D eigenvalue weighted by Crippen LogP contribution is -2.38. The summed E-state index contributed by atoms with van der Waals surface area (Å²) in [6, 6.07) is 14.1. The number of ether oxygens (including phenoxy) is 2. The Balaban J connectivity index is 1.69. The summed E-state index contributed by atoms with van der Waals surface area (Å²) in [4.78, 5) is 13.1. The van der Waals surface area contributed by atoms with Gasteiger partial charge in [-0.1, -0.05) is 120 Å². The van der Waals surface area contributed by atoms with E-state index in [-0.39, 0.29) is 12.1 Å². The molecule has 0 bridgehead atoms. The van der Waals surface area contributed by atoms with Crippen molar-refractivity contribution < 1.29 is 14.3 Å². The zero-order valence-electron chi connectivity index (χ0n) is 21.5. The highest BCUT2D eigenvalue weighted by Gasteiger charge is 2.39. The van der Waals surface area contributed by atoms with Crippen molar-refractivity contribution in [2.75, 3.05) is 7.11 Å². The Morgan fingerprint density at radius 3 is 1.97 bits per heavy atom. The molecule has 3 nitrogen and oxygen atoms in total. The van der Waals surface area contributed by atoms with Crippen LogP contribution in [0.15, 0.2) is 42.5 Å². The highest BCUT2D eigenvalue weighted by molar-refractivity contribution is 5.92. The minimum atomic E-state index is -1.12. The minimum Gasteiger partial charge on any atom is -0.460 e. The number of methoxy groups -OCH3 is 1. The first-order valence-electron chi connectivity index (χ1n) is 13.3. The summed E-state index contributed by atoms with van der Waals surface area (Å²) < 4.78 is 11.6. The molecule has 0 aromatic heterocycles. The van der Waals surface area contributed by atoms with Crippen molar-refractivity contribution >= 4 is 16.7 Å². The second kappa shape index (κ2) is 15.1. The van der Waals surface area contributed by atoms with Crippen LogP contribution in [0.25, 0.3) is 10.8 Å². The average Bonchev–Trinajstić information content (AvgIpc) is 2.83. The number of esters is 1. The van der Waals surface area contributed by atoms with Gasteiger partial charge in [-0.05, 0) is 37.5 Å². The molecular weight excluding hydrogens is 408 g/mol. The quantitative estimate of drug-likeness (QED) is 0.177. The molecule has 0 aliphatic heterocycles. The normalized spacial score (nSPS) is 14.2. The number of rotatable bonds is 17. The maximum atomic E-state index is 13.1. The molecule has 0 saturated carbocycles. The van der Waals surface area contributed by atoms with Crippen LogP contribution < -0.4 is 0 Å². The van der Waals surface area contributed by atoms with Crippen LogP contribution in [0.4, 0.5) is 0 Å². The number of carbonyl (C=O) groups excluding carboxylic acids is 1. The number of hydrogen-bond donors (Lipinski definition) is 0. The second-order valence-corrected chi connectivity index (χ2v) is 9.66. The molecule has 2 rings (SSSR count). The van der Waals surface area contributed by atoms with E-state index in [2.05, 4.69) is 19.1 Å². The van der Waals surface area contributed by atoms with E-state index < -0.39 is 5.60 Å². The predicted molar refractivity (Wildman–Crippen MR) is 140 cm³/mol. The molecule has 0 N–H and O–H groups in total. The van der Waals surface area contributed by atoms with Gasteiger partial charge in [-0.2, -0.15) is 0 Å². The Kier molecular flexibility index (Phi) is 12.5. The van der Waals surface area contributed by atoms with Crippen molar-refractivity contribution in [3.8, 4) is 0 Å². The van der Waals surface area contributed by atoms with E-state index in [1.807, 2.05) is 44.2 Å². The van der Waals surface area contributed by atoms with Gasteiger partial charge in [0.25, 0.3) is 0 Å². The van der Waals surface area contributed by atoms with Crippen LogP contribution in [0.2, 0.25) is 0 Å². The van der Waals surface area contributed by atoms with Crippen LogP contribution in [0.5, 0.6) is 0 Å². The van der Waals surface area contributed by atoms with Crippen molar-refractivity contribution in [2.24, 2.45) is 0 Å². The van der Waals surface area contributed by atoms with Gasteiger partial charge in [0, 0.05) is 12.7 Å². The molecule has 0 unspecified atom stereocenters. The van der Waals surface area contributed by atoms with Crippen LogP contribution >= 0.6 is 0 Å². The Labute approximate surface area is 202 Å². The van der Waals surface area contributed by atoms with E-state index in [9.17, 15) is 4.79 Å². The monoisotopic (exact) mass is 454 g/mol. The SMILES string of the molecule is CCCCCCCCCCCCCC[C@@H](C)OC(=O)[C@@](C)(OC)c1cccc2ccccc12. The first-order chi connectivity index (χ1) is 16.0. The molecule has 2 atom stereocenters. The summed E-state index contributed by atoms with van der Waals surface area (Å²) >= 11 is 0. The molecule has 0 saturated heterocycles. The largest absolute Gasteiger partial charge is 0.460 e. The second-order valence-electron chi connectivity index (χ2n) is 9.66. The fraction of sp³-hybridized carbons (Fsp3) is 0.633. The van der Waals surface area contributed by atoms with Crippen molar-refractivity contribution in [3.63, 3.8) is 0 Å². The average molecular weight is 455 g/mol. The Morgan fingerprint density at radius 2 is 1.36 bits per heavy atom. The third-order valence-corrected chi connectivity index (χ3v) is 6.87. The first kappa shape index (κ1) is 27.4. The van der Waals surface area contributed by atoms with Crippen molar-refractivity contribution in [1.82, 2.24) is 0 Å². The van der Waals surface area contributed by atoms with Crippen LogP contribution in [-0.4, -0.2) is 19.2 Å². The van der Waals surface area contributed by atoms with E-state index in [4.69, 9.17) is 9.47 Å². The van der Waals surface area contributed by atoms with Crippen molar-refractivity contribution in [1.29, 1.82) is 0 Å². The zero-order valence-corrected chi connectivity index (χ0v) is 21.5. The number of benzene rings is 2. The summed E-state index contributed by atoms with van der Waals surface area (Å²) in [5.41, 5.74) is -0.267. The fourth-order valence-corrected chi connectivity index (χ4v) is 4.57. The maximum Gasteiger partial charge on any atom is 0.343 e.